The number of rotatable bonds is 3. The number of allylic oxidation sites excluding steroid dienone is 1. The quantitative estimate of drug-likeness (QED) is 0.254. The van der Waals surface area contributed by atoms with Gasteiger partial charge >= 0.3 is 0 Å². The summed E-state index contributed by atoms with van der Waals surface area (Å²) in [5, 5.41) is 2.78. The van der Waals surface area contributed by atoms with Gasteiger partial charge in [-0.25, -0.2) is 11.6 Å². The number of isothiocyanates is 1. The molecule has 3 saturated carbocycles. The summed E-state index contributed by atoms with van der Waals surface area (Å²) >= 11 is 5.10. The molecule has 0 saturated heterocycles. The number of nitrogens with zero attached hydrogens (tertiary/aromatic N) is 2. The molecule has 0 bridgehead atoms. The Balaban J connectivity index is 2.05. The average molecular weight is 357 g/mol. The van der Waals surface area contributed by atoms with E-state index in [1.807, 2.05) is 0 Å². The molecule has 0 aliphatic heterocycles. The maximum atomic E-state index is 7.58. The van der Waals surface area contributed by atoms with Gasteiger partial charge in [0.05, 0.1) is 10.7 Å². The van der Waals surface area contributed by atoms with E-state index in [4.69, 9.17) is 23.8 Å². The van der Waals surface area contributed by atoms with Gasteiger partial charge in [0, 0.05) is 20.3 Å². The third-order valence-electron chi connectivity index (χ3n) is 7.76. The summed E-state index contributed by atoms with van der Waals surface area (Å²) in [5.74, 6) is 3.59. The summed E-state index contributed by atoms with van der Waals surface area (Å²) in [5.41, 5.74) is 1.09. The van der Waals surface area contributed by atoms with Gasteiger partial charge in [-0.1, -0.05) is 26.0 Å². The van der Waals surface area contributed by atoms with Gasteiger partial charge in [0.1, 0.15) is 0 Å². The highest BCUT2D eigenvalue weighted by molar-refractivity contribution is 7.78. The molecule has 0 aromatic rings. The molecule has 3 heteroatoms. The van der Waals surface area contributed by atoms with E-state index in [9.17, 15) is 0 Å². The third kappa shape index (κ3) is 3.02. The Hall–Kier alpha value is -0.970. The Morgan fingerprint density at radius 1 is 1.40 bits per heavy atom. The summed E-state index contributed by atoms with van der Waals surface area (Å²) in [6.07, 6.45) is 6.91. The topological polar surface area (TPSA) is 16.7 Å². The van der Waals surface area contributed by atoms with Crippen molar-refractivity contribution < 1.29 is 0 Å². The van der Waals surface area contributed by atoms with Crippen molar-refractivity contribution in [3.05, 3.63) is 23.6 Å². The van der Waals surface area contributed by atoms with Crippen molar-refractivity contribution in [3.8, 4) is 0 Å². The van der Waals surface area contributed by atoms with Gasteiger partial charge in [-0.05, 0) is 79.8 Å². The summed E-state index contributed by atoms with van der Waals surface area (Å²) in [7, 11) is 0. The molecule has 3 fully saturated rings. The molecule has 136 valence electrons. The highest BCUT2D eigenvalue weighted by Crippen LogP contribution is 2.62. The Morgan fingerprint density at radius 3 is 2.76 bits per heavy atom. The van der Waals surface area contributed by atoms with Crippen molar-refractivity contribution in [2.75, 3.05) is 0 Å². The van der Waals surface area contributed by atoms with Crippen molar-refractivity contribution >= 4 is 17.4 Å². The molecule has 0 heterocycles. The van der Waals surface area contributed by atoms with Crippen LogP contribution >= 0.6 is 12.2 Å². The molecular formula is C22H32N2S. The molecule has 7 atom stereocenters. The first-order chi connectivity index (χ1) is 11.8. The lowest BCUT2D eigenvalue weighted by Crippen LogP contribution is -2.60. The highest BCUT2D eigenvalue weighted by atomic mass is 32.1. The SMILES string of the molecule is [C-]#[N+]C(C)(C)C[C@@H]1C[C@H](C)[C@H]2CC[C@H](C)[C@@]3(N=C=S)CCC(=C)[C@@H]1[C@H]23. The van der Waals surface area contributed by atoms with E-state index in [-0.39, 0.29) is 11.1 Å². The van der Waals surface area contributed by atoms with E-state index in [1.54, 1.807) is 0 Å². The molecule has 0 aromatic carbocycles. The number of hydrogen-bond acceptors (Lipinski definition) is 2. The number of hydrogen-bond donors (Lipinski definition) is 0. The van der Waals surface area contributed by atoms with E-state index in [0.717, 1.165) is 25.2 Å². The lowest BCUT2D eigenvalue weighted by atomic mass is 9.45. The van der Waals surface area contributed by atoms with Crippen LogP contribution in [0.25, 0.3) is 4.85 Å². The second-order valence-electron chi connectivity index (χ2n) is 9.65. The fraction of sp³-hybridized carbons (Fsp3) is 0.818. The monoisotopic (exact) mass is 356 g/mol. The van der Waals surface area contributed by atoms with Crippen molar-refractivity contribution in [2.24, 2.45) is 40.5 Å². The van der Waals surface area contributed by atoms with Crippen molar-refractivity contribution in [1.29, 1.82) is 0 Å². The first-order valence-corrected chi connectivity index (χ1v) is 10.3. The van der Waals surface area contributed by atoms with Crippen LogP contribution in [-0.4, -0.2) is 16.2 Å². The Morgan fingerprint density at radius 2 is 2.12 bits per heavy atom. The van der Waals surface area contributed by atoms with Crippen LogP contribution in [0.15, 0.2) is 17.1 Å². The molecule has 3 aliphatic rings. The first kappa shape index (κ1) is 18.8. The standard InChI is InChI=1S/C22H32N2S/c1-14-9-10-22(24-13-25)16(3)7-8-18-15(2)11-17(19(14)20(18)22)12-21(4,5)23-6/h15-20H,1,7-12H2,2-5H3/t15-,16-,17-,18+,19-,20-,22-/m0/s1. The predicted molar refractivity (Wildman–Crippen MR) is 108 cm³/mol. The Labute approximate surface area is 159 Å². The summed E-state index contributed by atoms with van der Waals surface area (Å²) in [6, 6.07) is 0. The minimum atomic E-state index is -0.286. The molecule has 0 unspecified atom stereocenters. The first-order valence-electron chi connectivity index (χ1n) is 9.91. The van der Waals surface area contributed by atoms with Crippen LogP contribution in [-0.2, 0) is 0 Å². The number of thiocarbonyl (C=S) groups is 1. The summed E-state index contributed by atoms with van der Waals surface area (Å²) in [6.45, 7) is 21.1. The van der Waals surface area contributed by atoms with Crippen molar-refractivity contribution in [3.63, 3.8) is 0 Å². The molecule has 0 radical (unpaired) electrons. The normalized spacial score (nSPS) is 43.6. The van der Waals surface area contributed by atoms with Crippen LogP contribution < -0.4 is 0 Å². The Kier molecular flexibility index (Phi) is 5.00. The maximum Gasteiger partial charge on any atom is 0.227 e. The second-order valence-corrected chi connectivity index (χ2v) is 9.83. The molecule has 25 heavy (non-hydrogen) atoms. The van der Waals surface area contributed by atoms with E-state index < -0.39 is 0 Å². The van der Waals surface area contributed by atoms with E-state index in [2.05, 4.69) is 44.3 Å². The summed E-state index contributed by atoms with van der Waals surface area (Å²) < 4.78 is 0. The van der Waals surface area contributed by atoms with Gasteiger partial charge in [-0.15, -0.1) is 0 Å². The molecule has 3 aliphatic carbocycles. The van der Waals surface area contributed by atoms with Crippen molar-refractivity contribution in [2.45, 2.75) is 77.3 Å². The molecule has 2 nitrogen and oxygen atoms in total. The van der Waals surface area contributed by atoms with E-state index >= 15 is 0 Å². The molecule has 0 N–H and O–H groups in total. The zero-order valence-electron chi connectivity index (χ0n) is 16.2. The zero-order chi connectivity index (χ0) is 18.4. The molecular weight excluding hydrogens is 324 g/mol. The second kappa shape index (κ2) is 6.64. The van der Waals surface area contributed by atoms with Crippen LogP contribution in [0.3, 0.4) is 0 Å². The van der Waals surface area contributed by atoms with Gasteiger partial charge in [0.15, 0.2) is 0 Å². The fourth-order valence-electron chi connectivity index (χ4n) is 6.63. The molecule has 3 rings (SSSR count). The highest BCUT2D eigenvalue weighted by Gasteiger charge is 2.60. The summed E-state index contributed by atoms with van der Waals surface area (Å²) in [4.78, 5) is 8.79. The van der Waals surface area contributed by atoms with Crippen molar-refractivity contribution in [1.82, 2.24) is 0 Å². The zero-order valence-corrected chi connectivity index (χ0v) is 17.0. The van der Waals surface area contributed by atoms with Gasteiger partial charge in [-0.3, -0.25) is 0 Å². The van der Waals surface area contributed by atoms with Crippen LogP contribution in [0.4, 0.5) is 0 Å². The van der Waals surface area contributed by atoms with Gasteiger partial charge in [0.25, 0.3) is 0 Å². The molecule has 0 aromatic heterocycles. The van der Waals surface area contributed by atoms with Crippen LogP contribution in [0, 0.1) is 42.1 Å². The van der Waals surface area contributed by atoms with Gasteiger partial charge in [-0.2, -0.15) is 0 Å². The number of aliphatic imine (C=N–C) groups is 1. The smallest absolute Gasteiger partial charge is 0.227 e. The average Bonchev–Trinajstić information content (AvgIpc) is 2.55. The van der Waals surface area contributed by atoms with Crippen LogP contribution in [0.5, 0.6) is 0 Å². The van der Waals surface area contributed by atoms with Crippen LogP contribution in [0.1, 0.15) is 66.2 Å². The lowest BCUT2D eigenvalue weighted by Gasteiger charge is -2.61. The third-order valence-corrected chi connectivity index (χ3v) is 7.85. The molecule has 0 amide bonds. The van der Waals surface area contributed by atoms with Crippen LogP contribution in [0.2, 0.25) is 0 Å². The maximum absolute atomic E-state index is 7.58. The minimum absolute atomic E-state index is 0.0360. The van der Waals surface area contributed by atoms with E-state index in [0.29, 0.717) is 29.6 Å². The van der Waals surface area contributed by atoms with Gasteiger partial charge < -0.3 is 4.85 Å². The minimum Gasteiger partial charge on any atom is -0.311 e. The van der Waals surface area contributed by atoms with Gasteiger partial charge in [0.2, 0.25) is 5.54 Å². The molecule has 0 spiro atoms. The van der Waals surface area contributed by atoms with E-state index in [1.165, 1.54) is 24.8 Å². The Bertz CT molecular complexity index is 639. The largest absolute Gasteiger partial charge is 0.311 e. The fourth-order valence-corrected chi connectivity index (χ4v) is 6.80. The lowest BCUT2D eigenvalue weighted by molar-refractivity contribution is -0.0681. The predicted octanol–water partition coefficient (Wildman–Crippen LogP) is 6.20.